The Balaban J connectivity index is 0. The second kappa shape index (κ2) is 86.9. The first-order chi connectivity index (χ1) is 0. The number of rotatable bonds is 0. The molecule has 4 radical (unpaired) electrons. The molecule has 0 N–H and O–H groups in total. The van der Waals surface area contributed by atoms with Crippen LogP contribution >= 0.6 is 0 Å². The minimum Gasteiger partial charge on any atom is -2.00 e. The van der Waals surface area contributed by atoms with Crippen LogP contribution in [0.2, 0.25) is 0 Å². The predicted octanol–water partition coefficient (Wildman–Crippen LogP) is -6.13. The van der Waals surface area contributed by atoms with E-state index in [4.69, 9.17) is 0 Å². The molecule has 0 saturated carbocycles. The van der Waals surface area contributed by atoms with Gasteiger partial charge in [-0.05, 0) is 0 Å². The second-order valence-corrected chi connectivity index (χ2v) is 0. The summed E-state index contributed by atoms with van der Waals surface area (Å²) in [5.41, 5.74) is 0. The molecule has 0 aromatic heterocycles. The van der Waals surface area contributed by atoms with Crippen LogP contribution in [0.3, 0.4) is 0 Å². The summed E-state index contributed by atoms with van der Waals surface area (Å²) in [6.45, 7) is 0. The minimum absolute atomic E-state index is 0. The maximum Gasteiger partial charge on any atom is 1.00 e. The van der Waals surface area contributed by atoms with Crippen LogP contribution in [0.1, 0.15) is 0 Å². The molecule has 0 aliphatic rings. The van der Waals surface area contributed by atoms with E-state index >= 15 is 0 Å². The Morgan fingerprint density at radius 3 is 0.556 bits per heavy atom. The Hall–Kier alpha value is 4.19. The molecular weight excluding hydrogens is 375 g/mol. The van der Waals surface area contributed by atoms with Crippen molar-refractivity contribution < 1.29 is 144 Å². The monoisotopic (exact) mass is 374 g/mol. The Morgan fingerprint density at radius 1 is 0.556 bits per heavy atom. The van der Waals surface area contributed by atoms with Gasteiger partial charge in [-0.2, -0.15) is 0 Å². The zero-order valence-electron chi connectivity index (χ0n) is 4.46. The first-order valence-corrected chi connectivity index (χ1v) is 0. The summed E-state index contributed by atoms with van der Waals surface area (Å²) in [4.78, 5) is 0. The van der Waals surface area contributed by atoms with E-state index in [0.717, 1.165) is 0 Å². The molecule has 0 heterocycles. The van der Waals surface area contributed by atoms with E-state index in [0.29, 0.717) is 0 Å². The predicted molar refractivity (Wildman–Crippen MR) is 0.686 cm³/mol. The number of hydrogen-bond donors (Lipinski definition) is 0. The smallest absolute Gasteiger partial charge is 1.00 e. The van der Waals surface area contributed by atoms with Crippen LogP contribution in [0.5, 0.6) is 0 Å². The van der Waals surface area contributed by atoms with Gasteiger partial charge in [0, 0.05) is 101 Å². The zero-order valence-corrected chi connectivity index (χ0v) is 10.9. The van der Waals surface area contributed by atoms with Crippen LogP contribution in [0.15, 0.2) is 0 Å². The molecule has 0 unspecified atom stereocenters. The first kappa shape index (κ1) is 112. The molecule has 0 aromatic carbocycles. The van der Waals surface area contributed by atoms with E-state index in [-0.39, 0.29) is 144 Å². The molecule has 0 aliphatic carbocycles. The van der Waals surface area contributed by atoms with Crippen LogP contribution in [0, 0.1) is 0 Å². The summed E-state index contributed by atoms with van der Waals surface area (Å²) in [6, 6.07) is 0. The summed E-state index contributed by atoms with van der Waals surface area (Å²) >= 11 is 0. The molecule has 9 heavy (non-hydrogen) atoms. The minimum atomic E-state index is 0. The van der Waals surface area contributed by atoms with Gasteiger partial charge in [-0.3, -0.25) is 0 Å². The maximum atomic E-state index is 0. The summed E-state index contributed by atoms with van der Waals surface area (Å²) < 4.78 is 0. The Kier molecular flexibility index (Phi) is 1080. The van der Waals surface area contributed by atoms with Crippen molar-refractivity contribution in [3.8, 4) is 0 Å². The van der Waals surface area contributed by atoms with E-state index in [1.165, 1.54) is 0 Å². The molecule has 9 heteroatoms. The quantitative estimate of drug-likeness (QED) is 0.378. The van der Waals surface area contributed by atoms with E-state index in [1.54, 1.807) is 0 Å². The molecule has 0 spiro atoms. The summed E-state index contributed by atoms with van der Waals surface area (Å²) in [7, 11) is 0. The van der Waals surface area contributed by atoms with Gasteiger partial charge in [-0.15, -0.1) is 0 Å². The summed E-state index contributed by atoms with van der Waals surface area (Å²) in [6.07, 6.45) is 0. The first-order valence-electron chi connectivity index (χ1n) is 0. The fraction of sp³-hybridized carbons (Fsp3) is 0. The Bertz CT molecular complexity index is 20.5. The van der Waals surface area contributed by atoms with Gasteiger partial charge in [0.1, 0.15) is 0 Å². The van der Waals surface area contributed by atoms with Crippen molar-refractivity contribution in [3.05, 3.63) is 0 Å². The van der Waals surface area contributed by atoms with Crippen molar-refractivity contribution in [2.24, 2.45) is 0 Å². The Morgan fingerprint density at radius 2 is 0.556 bits per heavy atom. The van der Waals surface area contributed by atoms with E-state index in [1.807, 2.05) is 0 Å². The molecule has 0 bridgehead atoms. The van der Waals surface area contributed by atoms with Crippen LogP contribution in [-0.4, -0.2) is 0 Å². The molecule has 60 valence electrons. The van der Waals surface area contributed by atoms with Gasteiger partial charge in [-0.1, -0.05) is 0 Å². The van der Waals surface area contributed by atoms with Crippen LogP contribution in [0.25, 0.3) is 0 Å². The standard InChI is InChI=1S/2Co.2Li.2Mn.2Ni.O/q;;2*+1;;;;;-2. The zero-order chi connectivity index (χ0) is 0. The average molecular weight is 375 g/mol. The number of hydrogen-bond acceptors (Lipinski definition) is 0. The largest absolute Gasteiger partial charge is 2.00 e. The molecule has 0 saturated heterocycles. The van der Waals surface area contributed by atoms with E-state index in [9.17, 15) is 0 Å². The van der Waals surface area contributed by atoms with Crippen LogP contribution in [0.4, 0.5) is 0 Å². The molecule has 0 rings (SSSR count). The van der Waals surface area contributed by atoms with Crippen molar-refractivity contribution >= 4 is 0 Å². The third-order valence-electron chi connectivity index (χ3n) is 0. The van der Waals surface area contributed by atoms with Gasteiger partial charge in [0.2, 0.25) is 0 Å². The fourth-order valence-corrected chi connectivity index (χ4v) is 0. The summed E-state index contributed by atoms with van der Waals surface area (Å²) in [5, 5.41) is 0. The molecule has 0 aromatic rings. The van der Waals surface area contributed by atoms with Gasteiger partial charge in [0.05, 0.1) is 0 Å². The summed E-state index contributed by atoms with van der Waals surface area (Å²) in [5.74, 6) is 0. The van der Waals surface area contributed by atoms with Crippen molar-refractivity contribution in [2.45, 2.75) is 0 Å². The van der Waals surface area contributed by atoms with Crippen LogP contribution in [-0.2, 0) is 106 Å². The van der Waals surface area contributed by atoms with Crippen molar-refractivity contribution in [1.82, 2.24) is 0 Å². The Labute approximate surface area is 141 Å². The molecule has 1 nitrogen and oxygen atoms in total. The molecule has 0 fully saturated rings. The van der Waals surface area contributed by atoms with Gasteiger partial charge in [0.25, 0.3) is 0 Å². The molecule has 0 amide bonds. The van der Waals surface area contributed by atoms with Gasteiger partial charge in [-0.25, -0.2) is 0 Å². The average Bonchev–Trinajstić information content (AvgIpc) is 0. The topological polar surface area (TPSA) is 28.5 Å². The van der Waals surface area contributed by atoms with E-state index in [2.05, 4.69) is 0 Å². The van der Waals surface area contributed by atoms with E-state index < -0.39 is 0 Å². The third kappa shape index (κ3) is 72.0. The molecular formula is Co2Li2Mn2Ni2O. The third-order valence-corrected chi connectivity index (χ3v) is 0. The maximum absolute atomic E-state index is 0. The van der Waals surface area contributed by atoms with Crippen molar-refractivity contribution in [2.75, 3.05) is 0 Å². The van der Waals surface area contributed by atoms with Gasteiger partial charge in [0.15, 0.2) is 0 Å². The SMILES string of the molecule is [Co].[Co].[Li+].[Li+].[Mn].[Mn].[Ni].[Ni].[O-2]. The van der Waals surface area contributed by atoms with Crippen LogP contribution < -0.4 is 37.7 Å². The molecule has 0 atom stereocenters. The van der Waals surface area contributed by atoms with Crippen molar-refractivity contribution in [3.63, 3.8) is 0 Å². The normalized spacial score (nSPS) is 0. The fourth-order valence-electron chi connectivity index (χ4n) is 0. The van der Waals surface area contributed by atoms with Gasteiger partial charge >= 0.3 is 37.7 Å². The van der Waals surface area contributed by atoms with Gasteiger partial charge < -0.3 is 5.48 Å². The second-order valence-electron chi connectivity index (χ2n) is 0. The molecule has 0 aliphatic heterocycles. The van der Waals surface area contributed by atoms with Crippen molar-refractivity contribution in [1.29, 1.82) is 0 Å².